The third-order valence-corrected chi connectivity index (χ3v) is 7.47. The number of amides is 2. The van der Waals surface area contributed by atoms with Gasteiger partial charge >= 0.3 is 18.4 Å². The van der Waals surface area contributed by atoms with Crippen molar-refractivity contribution in [2.24, 2.45) is 4.99 Å². The molecule has 2 aromatic carbocycles. The van der Waals surface area contributed by atoms with Gasteiger partial charge in [-0.15, -0.1) is 4.99 Å². The van der Waals surface area contributed by atoms with Gasteiger partial charge in [-0.25, -0.2) is 9.59 Å². The maximum Gasteiger partial charge on any atom is 0.437 e. The number of fused-ring (bicyclic) bond motifs is 1. The minimum absolute atomic E-state index is 0.0469. The van der Waals surface area contributed by atoms with Crippen molar-refractivity contribution in [3.05, 3.63) is 53.4 Å². The van der Waals surface area contributed by atoms with Crippen LogP contribution in [0.15, 0.2) is 45.9 Å². The average Bonchev–Trinajstić information content (AvgIpc) is 3.71. The first kappa shape index (κ1) is 37.2. The van der Waals surface area contributed by atoms with Crippen LogP contribution in [0.3, 0.4) is 0 Å². The van der Waals surface area contributed by atoms with Gasteiger partial charge < -0.3 is 33.1 Å². The molecule has 2 aliphatic rings. The molecule has 2 aliphatic heterocycles. The molecule has 51 heavy (non-hydrogen) atoms. The minimum Gasteiger partial charge on any atom is -0.493 e. The number of nitrogens with zero attached hydrogens (tertiary/aromatic N) is 4. The van der Waals surface area contributed by atoms with Crippen LogP contribution in [0, 0.1) is 0 Å². The number of aromatic nitrogens is 2. The fourth-order valence-electron chi connectivity index (χ4n) is 5.41. The first-order valence-corrected chi connectivity index (χ1v) is 16.6. The average molecular weight is 718 g/mol. The number of ether oxygens (including phenoxy) is 5. The SMILES string of the molecule is CC(C)(C)OC(=O)N=C(NC(=O)OC(C)(C)C)N1CCC[C@H]1c1nc(-c2ccc(OCCCc3ccc4c(c3)OCCO4)c(C(F)(F)F)c2)no1. The monoisotopic (exact) mass is 717 g/mol. The minimum atomic E-state index is -4.73. The summed E-state index contributed by atoms with van der Waals surface area (Å²) in [6, 6.07) is 8.47. The van der Waals surface area contributed by atoms with E-state index in [9.17, 15) is 22.8 Å². The number of alkyl carbamates (subject to hydrolysis) is 1. The molecule has 1 aromatic heterocycles. The van der Waals surface area contributed by atoms with Gasteiger partial charge in [-0.1, -0.05) is 11.2 Å². The van der Waals surface area contributed by atoms with E-state index in [1.807, 2.05) is 18.2 Å². The number of carbonyl (C=O) groups excluding carboxylic acids is 2. The number of benzene rings is 2. The van der Waals surface area contributed by atoms with Crippen molar-refractivity contribution in [1.82, 2.24) is 20.4 Å². The first-order chi connectivity index (χ1) is 23.9. The molecule has 13 nitrogen and oxygen atoms in total. The Kier molecular flexibility index (Phi) is 11.0. The molecular formula is C35H42F3N5O8. The van der Waals surface area contributed by atoms with Crippen LogP contribution >= 0.6 is 0 Å². The van der Waals surface area contributed by atoms with E-state index < -0.39 is 41.2 Å². The van der Waals surface area contributed by atoms with E-state index >= 15 is 0 Å². The van der Waals surface area contributed by atoms with Crippen molar-refractivity contribution in [3.8, 4) is 28.6 Å². The maximum absolute atomic E-state index is 14.2. The Balaban J connectivity index is 1.30. The number of carbonyl (C=O) groups is 2. The second-order valence-electron chi connectivity index (χ2n) is 14.0. The molecule has 0 bridgehead atoms. The Morgan fingerprint density at radius 2 is 1.71 bits per heavy atom. The van der Waals surface area contributed by atoms with Crippen molar-refractivity contribution < 1.29 is 51.0 Å². The summed E-state index contributed by atoms with van der Waals surface area (Å²) in [4.78, 5) is 35.4. The summed E-state index contributed by atoms with van der Waals surface area (Å²) in [5, 5.41) is 6.47. The van der Waals surface area contributed by atoms with Crippen molar-refractivity contribution in [1.29, 1.82) is 0 Å². The highest BCUT2D eigenvalue weighted by Crippen LogP contribution is 2.39. The van der Waals surface area contributed by atoms with Crippen LogP contribution in [0.5, 0.6) is 17.2 Å². The largest absolute Gasteiger partial charge is 0.493 e. The van der Waals surface area contributed by atoms with Crippen LogP contribution in [-0.4, -0.2) is 70.8 Å². The highest BCUT2D eigenvalue weighted by Gasteiger charge is 2.37. The van der Waals surface area contributed by atoms with E-state index in [-0.39, 0.29) is 35.6 Å². The maximum atomic E-state index is 14.2. The van der Waals surface area contributed by atoms with E-state index in [1.165, 1.54) is 12.1 Å². The van der Waals surface area contributed by atoms with E-state index in [2.05, 4.69) is 20.4 Å². The van der Waals surface area contributed by atoms with Gasteiger partial charge in [-0.05, 0) is 103 Å². The lowest BCUT2D eigenvalue weighted by molar-refractivity contribution is -0.138. The molecule has 0 spiro atoms. The van der Waals surface area contributed by atoms with Gasteiger partial charge in [0.2, 0.25) is 17.7 Å². The number of rotatable bonds is 7. The molecule has 16 heteroatoms. The highest BCUT2D eigenvalue weighted by atomic mass is 19.4. The van der Waals surface area contributed by atoms with Crippen LogP contribution in [0.1, 0.15) is 83.9 Å². The Hall–Kier alpha value is -5.02. The molecule has 0 radical (unpaired) electrons. The number of halogens is 3. The molecule has 3 aromatic rings. The number of aliphatic imine (C=N–C) groups is 1. The predicted molar refractivity (Wildman–Crippen MR) is 178 cm³/mol. The summed E-state index contributed by atoms with van der Waals surface area (Å²) in [5.74, 6) is 0.798. The third-order valence-electron chi connectivity index (χ3n) is 7.47. The summed E-state index contributed by atoms with van der Waals surface area (Å²) in [7, 11) is 0. The van der Waals surface area contributed by atoms with Crippen LogP contribution in [0.25, 0.3) is 11.4 Å². The van der Waals surface area contributed by atoms with Crippen LogP contribution < -0.4 is 19.5 Å². The third kappa shape index (κ3) is 10.3. The predicted octanol–water partition coefficient (Wildman–Crippen LogP) is 7.49. The zero-order valence-corrected chi connectivity index (χ0v) is 29.4. The molecule has 1 saturated heterocycles. The zero-order chi connectivity index (χ0) is 37.0. The molecule has 0 unspecified atom stereocenters. The number of likely N-dealkylation sites (tertiary alicyclic amines) is 1. The number of aryl methyl sites for hydroxylation is 1. The number of hydrogen-bond acceptors (Lipinski definition) is 10. The van der Waals surface area contributed by atoms with Gasteiger partial charge in [-0.3, -0.25) is 5.32 Å². The Morgan fingerprint density at radius 3 is 2.41 bits per heavy atom. The van der Waals surface area contributed by atoms with E-state index in [0.717, 1.165) is 11.6 Å². The van der Waals surface area contributed by atoms with E-state index in [4.69, 9.17) is 28.2 Å². The molecule has 0 aliphatic carbocycles. The number of hydrogen-bond donors (Lipinski definition) is 1. The van der Waals surface area contributed by atoms with Crippen molar-refractivity contribution in [3.63, 3.8) is 0 Å². The number of guanidine groups is 1. The first-order valence-electron chi connectivity index (χ1n) is 16.6. The lowest BCUT2D eigenvalue weighted by Crippen LogP contribution is -2.46. The topological polar surface area (TPSA) is 147 Å². The quantitative estimate of drug-likeness (QED) is 0.147. The molecule has 3 heterocycles. The van der Waals surface area contributed by atoms with E-state index in [0.29, 0.717) is 56.9 Å². The van der Waals surface area contributed by atoms with Crippen molar-refractivity contribution in [2.75, 3.05) is 26.4 Å². The molecule has 1 atom stereocenters. The van der Waals surface area contributed by atoms with Gasteiger partial charge in [-0.2, -0.15) is 18.2 Å². The van der Waals surface area contributed by atoms with Crippen LogP contribution in [0.4, 0.5) is 22.8 Å². The lowest BCUT2D eigenvalue weighted by Gasteiger charge is -2.27. The zero-order valence-electron chi connectivity index (χ0n) is 29.4. The van der Waals surface area contributed by atoms with Gasteiger partial charge in [0.05, 0.1) is 12.2 Å². The Labute approximate surface area is 293 Å². The summed E-state index contributed by atoms with van der Waals surface area (Å²) in [5.41, 5.74) is -1.67. The van der Waals surface area contributed by atoms with Gasteiger partial charge in [0.25, 0.3) is 0 Å². The molecule has 0 saturated carbocycles. The smallest absolute Gasteiger partial charge is 0.437 e. The van der Waals surface area contributed by atoms with Crippen molar-refractivity contribution >= 4 is 18.1 Å². The van der Waals surface area contributed by atoms with Crippen LogP contribution in [-0.2, 0) is 22.1 Å². The second-order valence-corrected chi connectivity index (χ2v) is 14.0. The molecule has 5 rings (SSSR count). The molecule has 1 N–H and O–H groups in total. The summed E-state index contributed by atoms with van der Waals surface area (Å²) >= 11 is 0. The Bertz CT molecular complexity index is 1750. The molecular weight excluding hydrogens is 675 g/mol. The standard InChI is InChI=1S/C35H42F3N5O8/c1-33(2,3)49-31(44)40-30(41-32(45)50-34(4,5)6)43-15-7-10-24(43)29-39-28(42-51-29)22-12-14-25(23(20-22)35(36,37)38)46-16-8-9-21-11-13-26-27(19-21)48-18-17-47-26/h11-14,19-20,24H,7-10,15-18H2,1-6H3,(H,40,41,44,45)/t24-/m0/s1. The second kappa shape index (κ2) is 15.1. The lowest BCUT2D eigenvalue weighted by atomic mass is 10.1. The summed E-state index contributed by atoms with van der Waals surface area (Å²) in [6.45, 7) is 11.4. The van der Waals surface area contributed by atoms with E-state index in [1.54, 1.807) is 46.4 Å². The number of alkyl halides is 3. The molecule has 2 amide bonds. The fraction of sp³-hybridized carbons (Fsp3) is 0.514. The molecule has 1 fully saturated rings. The van der Waals surface area contributed by atoms with Crippen LogP contribution in [0.2, 0.25) is 0 Å². The Morgan fingerprint density at radius 1 is 0.980 bits per heavy atom. The summed E-state index contributed by atoms with van der Waals surface area (Å²) in [6.07, 6.45) is -4.45. The normalized spacial score (nSPS) is 16.5. The highest BCUT2D eigenvalue weighted by molar-refractivity contribution is 5.99. The van der Waals surface area contributed by atoms with Gasteiger partial charge in [0, 0.05) is 12.1 Å². The number of nitrogens with one attached hydrogen (secondary N) is 1. The van der Waals surface area contributed by atoms with Gasteiger partial charge in [0.1, 0.15) is 36.2 Å². The fourth-order valence-corrected chi connectivity index (χ4v) is 5.41. The van der Waals surface area contributed by atoms with Gasteiger partial charge in [0.15, 0.2) is 11.5 Å². The van der Waals surface area contributed by atoms with Crippen molar-refractivity contribution in [2.45, 2.75) is 90.6 Å². The summed E-state index contributed by atoms with van der Waals surface area (Å²) < 4.78 is 75.6. The molecule has 276 valence electrons.